The zero-order valence-corrected chi connectivity index (χ0v) is 18.9. The van der Waals surface area contributed by atoms with Crippen molar-refractivity contribution in [1.29, 1.82) is 0 Å². The first-order chi connectivity index (χ1) is 14.3. The molecule has 30 heavy (non-hydrogen) atoms. The number of hydrogen-bond donors (Lipinski definition) is 1. The summed E-state index contributed by atoms with van der Waals surface area (Å²) in [5, 5.41) is 3.01. The molecule has 2 atom stereocenters. The smallest absolute Gasteiger partial charge is 0.251 e. The lowest BCUT2D eigenvalue weighted by molar-refractivity contribution is 0.0918. The summed E-state index contributed by atoms with van der Waals surface area (Å²) in [5.74, 6) is 0.00893. The molecule has 0 bridgehead atoms. The number of amides is 1. The van der Waals surface area contributed by atoms with E-state index < -0.39 is 9.84 Å². The molecule has 2 unspecified atom stereocenters. The molecule has 1 N–H and O–H groups in total. The molecule has 3 saturated heterocycles. The minimum Gasteiger partial charge on any atom is -0.369 e. The standard InChI is InChI=1S/C22H34N4O3S/c1-17(2)24-11-13-25(14-12-24)19-7-5-18(6-8-19)22(27)23-20-15-30(28,29)16-21(20)26-9-3-4-10-26/h5-8,17,20-21H,3-4,9-16H2,1-2H3,(H,23,27). The molecule has 7 nitrogen and oxygen atoms in total. The van der Waals surface area contributed by atoms with Gasteiger partial charge in [0, 0.05) is 49.5 Å². The molecule has 0 aliphatic carbocycles. The Hall–Kier alpha value is -1.64. The molecule has 1 aromatic carbocycles. The number of benzene rings is 1. The van der Waals surface area contributed by atoms with Crippen LogP contribution in [0.3, 0.4) is 0 Å². The highest BCUT2D eigenvalue weighted by Gasteiger charge is 2.42. The molecule has 0 aromatic heterocycles. The molecule has 3 fully saturated rings. The summed E-state index contributed by atoms with van der Waals surface area (Å²) in [5.41, 5.74) is 1.72. The zero-order valence-electron chi connectivity index (χ0n) is 18.1. The third-order valence-corrected chi connectivity index (χ3v) is 8.50. The van der Waals surface area contributed by atoms with Gasteiger partial charge in [0.2, 0.25) is 0 Å². The van der Waals surface area contributed by atoms with E-state index >= 15 is 0 Å². The number of carbonyl (C=O) groups excluding carboxylic acids is 1. The summed E-state index contributed by atoms with van der Waals surface area (Å²) in [6.45, 7) is 10.4. The summed E-state index contributed by atoms with van der Waals surface area (Å²) in [4.78, 5) is 19.9. The molecule has 0 spiro atoms. The highest BCUT2D eigenvalue weighted by Crippen LogP contribution is 2.23. The molecule has 1 aromatic rings. The predicted octanol–water partition coefficient (Wildman–Crippen LogP) is 1.21. The Morgan fingerprint density at radius 1 is 0.967 bits per heavy atom. The van der Waals surface area contributed by atoms with Gasteiger partial charge in [0.05, 0.1) is 17.5 Å². The normalized spacial score (nSPS) is 27.6. The number of nitrogens with zero attached hydrogens (tertiary/aromatic N) is 3. The van der Waals surface area contributed by atoms with Crippen molar-refractivity contribution in [2.24, 2.45) is 0 Å². The first-order valence-electron chi connectivity index (χ1n) is 11.2. The van der Waals surface area contributed by atoms with Crippen LogP contribution in [0.15, 0.2) is 24.3 Å². The molecular weight excluding hydrogens is 400 g/mol. The second-order valence-electron chi connectivity index (χ2n) is 9.13. The van der Waals surface area contributed by atoms with Gasteiger partial charge in [-0.2, -0.15) is 0 Å². The Morgan fingerprint density at radius 3 is 2.20 bits per heavy atom. The summed E-state index contributed by atoms with van der Waals surface area (Å²) in [6.07, 6.45) is 2.20. The lowest BCUT2D eigenvalue weighted by Gasteiger charge is -2.38. The van der Waals surface area contributed by atoms with Crippen LogP contribution < -0.4 is 10.2 Å². The van der Waals surface area contributed by atoms with Gasteiger partial charge in [-0.15, -0.1) is 0 Å². The number of likely N-dealkylation sites (tertiary alicyclic amines) is 1. The predicted molar refractivity (Wildman–Crippen MR) is 120 cm³/mol. The Labute approximate surface area is 180 Å². The molecule has 0 saturated carbocycles. The van der Waals surface area contributed by atoms with Crippen LogP contribution in [-0.2, 0) is 9.84 Å². The largest absolute Gasteiger partial charge is 0.369 e. The van der Waals surface area contributed by atoms with E-state index in [-0.39, 0.29) is 29.5 Å². The maximum absolute atomic E-state index is 12.8. The molecule has 8 heteroatoms. The fourth-order valence-corrected chi connectivity index (χ4v) is 6.92. The van der Waals surface area contributed by atoms with Gasteiger partial charge in [-0.1, -0.05) is 0 Å². The minimum atomic E-state index is -3.11. The van der Waals surface area contributed by atoms with Crippen molar-refractivity contribution in [3.8, 4) is 0 Å². The average molecular weight is 435 g/mol. The van der Waals surface area contributed by atoms with E-state index in [1.165, 1.54) is 0 Å². The zero-order chi connectivity index (χ0) is 21.3. The Balaban J connectivity index is 1.38. The molecule has 3 heterocycles. The fraction of sp³-hybridized carbons (Fsp3) is 0.682. The SMILES string of the molecule is CC(C)N1CCN(c2ccc(C(=O)NC3CS(=O)(=O)CC3N3CCCC3)cc2)CC1. The van der Waals surface area contributed by atoms with Crippen molar-refractivity contribution in [3.63, 3.8) is 0 Å². The third kappa shape index (κ3) is 4.81. The van der Waals surface area contributed by atoms with Crippen molar-refractivity contribution in [1.82, 2.24) is 15.1 Å². The highest BCUT2D eigenvalue weighted by molar-refractivity contribution is 7.91. The van der Waals surface area contributed by atoms with Crippen molar-refractivity contribution in [2.45, 2.75) is 44.8 Å². The van der Waals surface area contributed by atoms with Crippen LogP contribution in [0.25, 0.3) is 0 Å². The second kappa shape index (κ2) is 8.85. The summed E-state index contributed by atoms with van der Waals surface area (Å²) < 4.78 is 24.4. The van der Waals surface area contributed by atoms with Crippen LogP contribution in [0.2, 0.25) is 0 Å². The van der Waals surface area contributed by atoms with Gasteiger partial charge in [0.15, 0.2) is 9.84 Å². The van der Waals surface area contributed by atoms with Gasteiger partial charge in [-0.05, 0) is 64.0 Å². The summed E-state index contributed by atoms with van der Waals surface area (Å²) in [6, 6.07) is 7.86. The lowest BCUT2D eigenvalue weighted by atomic mass is 10.1. The minimum absolute atomic E-state index is 0.0398. The van der Waals surface area contributed by atoms with Crippen molar-refractivity contribution in [2.75, 3.05) is 55.7 Å². The quantitative estimate of drug-likeness (QED) is 0.751. The Bertz CT molecular complexity index is 842. The maximum Gasteiger partial charge on any atom is 0.251 e. The van der Waals surface area contributed by atoms with Crippen molar-refractivity contribution < 1.29 is 13.2 Å². The van der Waals surface area contributed by atoms with Crippen molar-refractivity contribution in [3.05, 3.63) is 29.8 Å². The molecule has 1 amide bonds. The van der Waals surface area contributed by atoms with E-state index in [4.69, 9.17) is 0 Å². The molecule has 0 radical (unpaired) electrons. The summed E-state index contributed by atoms with van der Waals surface area (Å²) in [7, 11) is -3.11. The van der Waals surface area contributed by atoms with Gasteiger partial charge in [0.1, 0.15) is 0 Å². The molecule has 3 aliphatic rings. The number of anilines is 1. The van der Waals surface area contributed by atoms with E-state index in [1.807, 2.05) is 24.3 Å². The van der Waals surface area contributed by atoms with Crippen LogP contribution in [0.4, 0.5) is 5.69 Å². The van der Waals surface area contributed by atoms with Crippen LogP contribution in [-0.4, -0.2) is 93.0 Å². The Kier molecular flexibility index (Phi) is 6.36. The van der Waals surface area contributed by atoms with E-state index in [9.17, 15) is 13.2 Å². The monoisotopic (exact) mass is 434 g/mol. The third-order valence-electron chi connectivity index (χ3n) is 6.79. The van der Waals surface area contributed by atoms with Gasteiger partial charge in [0.25, 0.3) is 5.91 Å². The number of nitrogens with one attached hydrogen (secondary N) is 1. The molecule has 3 aliphatic heterocycles. The number of rotatable bonds is 5. The van der Waals surface area contributed by atoms with Crippen LogP contribution in [0, 0.1) is 0 Å². The van der Waals surface area contributed by atoms with E-state index in [1.54, 1.807) is 0 Å². The van der Waals surface area contributed by atoms with Crippen molar-refractivity contribution >= 4 is 21.4 Å². The van der Waals surface area contributed by atoms with Crippen LogP contribution in [0.1, 0.15) is 37.0 Å². The van der Waals surface area contributed by atoms with Gasteiger partial charge < -0.3 is 10.2 Å². The van der Waals surface area contributed by atoms with Gasteiger partial charge in [-0.3, -0.25) is 14.6 Å². The summed E-state index contributed by atoms with van der Waals surface area (Å²) >= 11 is 0. The molecule has 4 rings (SSSR count). The second-order valence-corrected chi connectivity index (χ2v) is 11.3. The topological polar surface area (TPSA) is 73.0 Å². The van der Waals surface area contributed by atoms with Gasteiger partial charge in [-0.25, -0.2) is 8.42 Å². The fourth-order valence-electron chi connectivity index (χ4n) is 4.97. The van der Waals surface area contributed by atoms with Crippen LogP contribution >= 0.6 is 0 Å². The first kappa shape index (κ1) is 21.6. The molecular formula is C22H34N4O3S. The number of sulfone groups is 1. The molecule has 166 valence electrons. The average Bonchev–Trinajstić information content (AvgIpc) is 3.35. The first-order valence-corrected chi connectivity index (χ1v) is 13.0. The maximum atomic E-state index is 12.8. The highest BCUT2D eigenvalue weighted by atomic mass is 32.2. The number of carbonyl (C=O) groups is 1. The Morgan fingerprint density at radius 2 is 1.60 bits per heavy atom. The van der Waals surface area contributed by atoms with Gasteiger partial charge >= 0.3 is 0 Å². The van der Waals surface area contributed by atoms with Crippen LogP contribution in [0.5, 0.6) is 0 Å². The number of hydrogen-bond acceptors (Lipinski definition) is 6. The van der Waals surface area contributed by atoms with E-state index in [2.05, 4.69) is 33.9 Å². The lowest BCUT2D eigenvalue weighted by Crippen LogP contribution is -2.50. The van der Waals surface area contributed by atoms with E-state index in [0.717, 1.165) is 57.8 Å². The van der Waals surface area contributed by atoms with E-state index in [0.29, 0.717) is 11.6 Å². The number of piperazine rings is 1.